The van der Waals surface area contributed by atoms with Crippen LogP contribution in [0.5, 0.6) is 0 Å². The second-order valence-corrected chi connectivity index (χ2v) is 10.7. The van der Waals surface area contributed by atoms with E-state index in [2.05, 4.69) is 39.5 Å². The largest absolute Gasteiger partial charge is 0.545 e. The SMILES string of the molecule is C=C[C@H]1CCCC[C@@H]1/C=C(\CO)O[Si](CC)(CC)CC. The molecule has 1 saturated carbocycles. The zero-order valence-electron chi connectivity index (χ0n) is 13.5. The van der Waals surface area contributed by atoms with Gasteiger partial charge in [0, 0.05) is 0 Å². The molecule has 20 heavy (non-hydrogen) atoms. The maximum atomic E-state index is 9.67. The normalized spacial score (nSPS) is 24.5. The van der Waals surface area contributed by atoms with Gasteiger partial charge in [-0.1, -0.05) is 39.7 Å². The van der Waals surface area contributed by atoms with Crippen molar-refractivity contribution in [3.05, 3.63) is 24.5 Å². The third-order valence-corrected chi connectivity index (χ3v) is 9.58. The van der Waals surface area contributed by atoms with E-state index in [0.717, 1.165) is 23.9 Å². The van der Waals surface area contributed by atoms with E-state index in [1.807, 2.05) is 0 Å². The van der Waals surface area contributed by atoms with E-state index in [1.165, 1.54) is 25.7 Å². The average molecular weight is 297 g/mol. The molecule has 1 N–H and O–H groups in total. The number of hydrogen-bond acceptors (Lipinski definition) is 2. The van der Waals surface area contributed by atoms with Crippen molar-refractivity contribution in [2.24, 2.45) is 11.8 Å². The number of allylic oxidation sites excluding steroid dienone is 2. The molecule has 1 fully saturated rings. The molecule has 0 aromatic rings. The molecule has 1 aliphatic carbocycles. The molecule has 116 valence electrons. The Hall–Kier alpha value is -0.543. The van der Waals surface area contributed by atoms with Gasteiger partial charge >= 0.3 is 0 Å². The van der Waals surface area contributed by atoms with Crippen molar-refractivity contribution < 1.29 is 9.53 Å². The van der Waals surface area contributed by atoms with E-state index in [1.54, 1.807) is 0 Å². The van der Waals surface area contributed by atoms with Crippen molar-refractivity contribution in [3.8, 4) is 0 Å². The lowest BCUT2D eigenvalue weighted by Gasteiger charge is -2.32. The highest BCUT2D eigenvalue weighted by molar-refractivity contribution is 6.73. The fourth-order valence-corrected chi connectivity index (χ4v) is 5.91. The fourth-order valence-electron chi connectivity index (χ4n) is 3.29. The first-order valence-electron chi connectivity index (χ1n) is 8.27. The molecule has 1 aliphatic rings. The second kappa shape index (κ2) is 8.68. The zero-order chi connectivity index (χ0) is 15.0. The fraction of sp³-hybridized carbons (Fsp3) is 0.765. The van der Waals surface area contributed by atoms with Crippen molar-refractivity contribution in [2.45, 2.75) is 64.6 Å². The van der Waals surface area contributed by atoms with Crippen LogP contribution in [0.1, 0.15) is 46.5 Å². The Morgan fingerprint density at radius 2 is 1.70 bits per heavy atom. The minimum Gasteiger partial charge on any atom is -0.545 e. The van der Waals surface area contributed by atoms with E-state index in [-0.39, 0.29) is 6.61 Å². The molecular weight excluding hydrogens is 264 g/mol. The van der Waals surface area contributed by atoms with E-state index in [9.17, 15) is 5.11 Å². The van der Waals surface area contributed by atoms with Gasteiger partial charge in [0.1, 0.15) is 5.76 Å². The standard InChI is InChI=1S/C17H32O2Si/c1-5-15-11-9-10-12-16(15)13-17(14-18)19-20(6-2,7-3)8-4/h5,13,15-16,18H,1,6-12,14H2,2-4H3/b17-13+/t15-,16+/m0/s1. The number of aliphatic hydroxyl groups excluding tert-OH is 1. The van der Waals surface area contributed by atoms with E-state index in [0.29, 0.717) is 11.8 Å². The summed E-state index contributed by atoms with van der Waals surface area (Å²) >= 11 is 0. The van der Waals surface area contributed by atoms with Gasteiger partial charge in [-0.15, -0.1) is 6.58 Å². The Balaban J connectivity index is 2.82. The van der Waals surface area contributed by atoms with Gasteiger partial charge in [0.25, 0.3) is 0 Å². The summed E-state index contributed by atoms with van der Waals surface area (Å²) in [5, 5.41) is 9.67. The summed E-state index contributed by atoms with van der Waals surface area (Å²) in [5.41, 5.74) is 0. The molecule has 3 heteroatoms. The smallest absolute Gasteiger partial charge is 0.250 e. The summed E-state index contributed by atoms with van der Waals surface area (Å²) in [5.74, 6) is 1.87. The van der Waals surface area contributed by atoms with Gasteiger partial charge in [0.05, 0.1) is 6.61 Å². The van der Waals surface area contributed by atoms with E-state index >= 15 is 0 Å². The summed E-state index contributed by atoms with van der Waals surface area (Å²) < 4.78 is 6.35. The average Bonchev–Trinajstić information content (AvgIpc) is 2.52. The topological polar surface area (TPSA) is 29.5 Å². The molecule has 0 aliphatic heterocycles. The molecule has 0 unspecified atom stereocenters. The van der Waals surface area contributed by atoms with Gasteiger partial charge < -0.3 is 9.53 Å². The van der Waals surface area contributed by atoms with Crippen LogP contribution in [-0.4, -0.2) is 20.0 Å². The monoisotopic (exact) mass is 296 g/mol. The van der Waals surface area contributed by atoms with Crippen LogP contribution in [0.15, 0.2) is 24.5 Å². The van der Waals surface area contributed by atoms with E-state index in [4.69, 9.17) is 4.43 Å². The predicted molar refractivity (Wildman–Crippen MR) is 89.1 cm³/mol. The summed E-state index contributed by atoms with van der Waals surface area (Å²) in [4.78, 5) is 0. The second-order valence-electron chi connectivity index (χ2n) is 5.98. The van der Waals surface area contributed by atoms with Crippen LogP contribution in [0.3, 0.4) is 0 Å². The van der Waals surface area contributed by atoms with Crippen molar-refractivity contribution in [3.63, 3.8) is 0 Å². The molecule has 0 heterocycles. The van der Waals surface area contributed by atoms with Gasteiger partial charge in [-0.3, -0.25) is 0 Å². The number of aliphatic hydroxyl groups is 1. The lowest BCUT2D eigenvalue weighted by atomic mass is 9.79. The van der Waals surface area contributed by atoms with Crippen LogP contribution >= 0.6 is 0 Å². The highest BCUT2D eigenvalue weighted by atomic mass is 28.4. The van der Waals surface area contributed by atoms with Crippen molar-refractivity contribution in [2.75, 3.05) is 6.61 Å². The first kappa shape index (κ1) is 17.5. The van der Waals surface area contributed by atoms with Crippen LogP contribution in [-0.2, 0) is 4.43 Å². The molecule has 0 aromatic carbocycles. The molecule has 0 saturated heterocycles. The van der Waals surface area contributed by atoms with Gasteiger partial charge in [-0.25, -0.2) is 0 Å². The Bertz CT molecular complexity index is 313. The van der Waals surface area contributed by atoms with E-state index < -0.39 is 8.32 Å². The molecule has 0 aromatic heterocycles. The molecule has 0 spiro atoms. The van der Waals surface area contributed by atoms with Crippen LogP contribution < -0.4 is 0 Å². The zero-order valence-corrected chi connectivity index (χ0v) is 14.5. The Morgan fingerprint density at radius 3 is 2.15 bits per heavy atom. The van der Waals surface area contributed by atoms with Crippen LogP contribution in [0.4, 0.5) is 0 Å². The highest BCUT2D eigenvalue weighted by Gasteiger charge is 2.32. The molecule has 0 radical (unpaired) electrons. The van der Waals surface area contributed by atoms with Crippen LogP contribution in [0.25, 0.3) is 0 Å². The third-order valence-electron chi connectivity index (χ3n) is 5.01. The lowest BCUT2D eigenvalue weighted by molar-refractivity contribution is 0.246. The third kappa shape index (κ3) is 4.49. The molecule has 0 bridgehead atoms. The maximum absolute atomic E-state index is 9.67. The summed E-state index contributed by atoms with van der Waals surface area (Å²) in [6.45, 7) is 10.7. The quantitative estimate of drug-likeness (QED) is 0.393. The molecule has 2 nitrogen and oxygen atoms in total. The van der Waals surface area contributed by atoms with Crippen LogP contribution in [0.2, 0.25) is 18.1 Å². The first-order valence-corrected chi connectivity index (χ1v) is 10.8. The Kier molecular flexibility index (Phi) is 7.60. The van der Waals surface area contributed by atoms with Gasteiger partial charge in [0.2, 0.25) is 8.32 Å². The Morgan fingerprint density at radius 1 is 1.15 bits per heavy atom. The molecule has 0 amide bonds. The van der Waals surface area contributed by atoms with Gasteiger partial charge in [-0.05, 0) is 48.9 Å². The number of rotatable bonds is 8. The number of hydrogen-bond donors (Lipinski definition) is 1. The lowest BCUT2D eigenvalue weighted by Crippen LogP contribution is -2.36. The molecule has 2 atom stereocenters. The van der Waals surface area contributed by atoms with Crippen molar-refractivity contribution in [1.29, 1.82) is 0 Å². The molecule has 1 rings (SSSR count). The maximum Gasteiger partial charge on any atom is 0.250 e. The van der Waals surface area contributed by atoms with Crippen LogP contribution in [0, 0.1) is 11.8 Å². The van der Waals surface area contributed by atoms with Gasteiger partial charge in [0.15, 0.2) is 0 Å². The first-order chi connectivity index (χ1) is 9.64. The molecular formula is C17H32O2Si. The summed E-state index contributed by atoms with van der Waals surface area (Å²) in [6.07, 6.45) is 9.29. The predicted octanol–water partition coefficient (Wildman–Crippen LogP) is 4.88. The highest BCUT2D eigenvalue weighted by Crippen LogP contribution is 2.33. The summed E-state index contributed by atoms with van der Waals surface area (Å²) in [7, 11) is -1.67. The van der Waals surface area contributed by atoms with Crippen molar-refractivity contribution in [1.82, 2.24) is 0 Å². The van der Waals surface area contributed by atoms with Gasteiger partial charge in [-0.2, -0.15) is 0 Å². The minimum absolute atomic E-state index is 0.0368. The van der Waals surface area contributed by atoms with Crippen molar-refractivity contribution >= 4 is 8.32 Å². The Labute approximate surface area is 126 Å². The minimum atomic E-state index is -1.67. The summed E-state index contributed by atoms with van der Waals surface area (Å²) in [6, 6.07) is 3.35.